The normalized spacial score (nSPS) is 12.3. The Balaban J connectivity index is 3.90. The number of unbranched alkanes of at least 4 members (excludes halogenated alkanes) is 9. The second-order valence-electron chi connectivity index (χ2n) is 8.69. The number of nitrogens with zero attached hydrogens (tertiary/aromatic N) is 2. The van der Waals surface area contributed by atoms with Gasteiger partial charge in [-0.25, -0.2) is 8.42 Å². The molecule has 0 aromatic heterocycles. The topological polar surface area (TPSA) is 77.5 Å². The number of carbonyl (C=O) groups is 1. The van der Waals surface area contributed by atoms with Gasteiger partial charge in [0, 0.05) is 19.2 Å². The smallest absolute Gasteiger partial charge is 0.219 e. The number of hydrogen-bond acceptors (Lipinski definition) is 4. The molecule has 0 saturated carbocycles. The lowest BCUT2D eigenvalue weighted by atomic mass is 10.1. The van der Waals surface area contributed by atoms with Crippen molar-refractivity contribution in [2.75, 3.05) is 46.0 Å². The monoisotopic (exact) mass is 420 g/mol. The van der Waals surface area contributed by atoms with E-state index in [-0.39, 0.29) is 12.3 Å². The van der Waals surface area contributed by atoms with Crippen LogP contribution in [-0.4, -0.2) is 74.3 Å². The van der Waals surface area contributed by atoms with Crippen LogP contribution in [0.3, 0.4) is 0 Å². The van der Waals surface area contributed by atoms with Gasteiger partial charge in [-0.3, -0.25) is 4.79 Å². The molecule has 1 amide bonds. The first kappa shape index (κ1) is 27.3. The molecule has 0 radical (unpaired) electrons. The summed E-state index contributed by atoms with van der Waals surface area (Å²) in [7, 11) is 0.141. The molecule has 0 spiro atoms. The highest BCUT2D eigenvalue weighted by Gasteiger charge is 2.18. The zero-order valence-corrected chi connectivity index (χ0v) is 19.6. The molecule has 0 aliphatic rings. The van der Waals surface area contributed by atoms with E-state index >= 15 is 0 Å². The molecular weight excluding hydrogens is 376 g/mol. The van der Waals surface area contributed by atoms with Crippen molar-refractivity contribution < 1.29 is 22.2 Å². The summed E-state index contributed by atoms with van der Waals surface area (Å²) < 4.78 is 33.0. The molecule has 6 nitrogen and oxygen atoms in total. The van der Waals surface area contributed by atoms with Gasteiger partial charge >= 0.3 is 0 Å². The summed E-state index contributed by atoms with van der Waals surface area (Å²) in [4.78, 5) is 13.4. The van der Waals surface area contributed by atoms with Crippen LogP contribution in [0.4, 0.5) is 0 Å². The van der Waals surface area contributed by atoms with E-state index in [1.54, 1.807) is 4.90 Å². The number of likely N-dealkylation sites (N-methyl/N-ethyl adjacent to an activating group) is 1. The molecule has 0 rings (SSSR count). The summed E-state index contributed by atoms with van der Waals surface area (Å²) in [5.74, 6) is -0.476. The van der Waals surface area contributed by atoms with Gasteiger partial charge in [-0.05, 0) is 19.3 Å². The number of rotatable bonds is 18. The Morgan fingerprint density at radius 2 is 1.32 bits per heavy atom. The highest BCUT2D eigenvalue weighted by Crippen LogP contribution is 2.12. The highest BCUT2D eigenvalue weighted by atomic mass is 32.2. The molecular formula is C21H44N2O4S. The van der Waals surface area contributed by atoms with Gasteiger partial charge in [-0.1, -0.05) is 58.3 Å². The third-order valence-corrected chi connectivity index (χ3v) is 6.15. The van der Waals surface area contributed by atoms with Crippen LogP contribution in [-0.2, 0) is 14.9 Å². The second-order valence-corrected chi connectivity index (χ2v) is 10.2. The van der Waals surface area contributed by atoms with Gasteiger partial charge in [0.05, 0.1) is 43.8 Å². The molecule has 0 saturated heterocycles. The minimum absolute atomic E-state index is 0.0674. The van der Waals surface area contributed by atoms with E-state index in [9.17, 15) is 17.8 Å². The van der Waals surface area contributed by atoms with E-state index in [1.165, 1.54) is 71.1 Å². The number of quaternary nitrogens is 1. The van der Waals surface area contributed by atoms with Gasteiger partial charge in [-0.15, -0.1) is 0 Å². The fraction of sp³-hybridized carbons (Fsp3) is 0.952. The van der Waals surface area contributed by atoms with Crippen LogP contribution in [0.2, 0.25) is 0 Å². The Morgan fingerprint density at radius 3 is 1.79 bits per heavy atom. The first-order valence-corrected chi connectivity index (χ1v) is 12.7. The van der Waals surface area contributed by atoms with Gasteiger partial charge in [0.25, 0.3) is 0 Å². The lowest BCUT2D eigenvalue weighted by Crippen LogP contribution is -2.47. The summed E-state index contributed by atoms with van der Waals surface area (Å²) in [6.07, 6.45) is 13.5. The molecule has 0 aromatic rings. The van der Waals surface area contributed by atoms with E-state index < -0.39 is 15.9 Å². The van der Waals surface area contributed by atoms with Gasteiger partial charge in [0.15, 0.2) is 0 Å². The van der Waals surface area contributed by atoms with Crippen LogP contribution < -0.4 is 0 Å². The Kier molecular flexibility index (Phi) is 14.9. The predicted molar refractivity (Wildman–Crippen MR) is 115 cm³/mol. The summed E-state index contributed by atoms with van der Waals surface area (Å²) in [5, 5.41) is 0. The van der Waals surface area contributed by atoms with Crippen molar-refractivity contribution >= 4 is 16.0 Å². The van der Waals surface area contributed by atoms with Crippen molar-refractivity contribution in [3.05, 3.63) is 0 Å². The van der Waals surface area contributed by atoms with Crippen molar-refractivity contribution in [3.63, 3.8) is 0 Å². The maximum absolute atomic E-state index is 11.8. The summed E-state index contributed by atoms with van der Waals surface area (Å²) in [5.41, 5.74) is 0. The molecule has 0 bridgehead atoms. The van der Waals surface area contributed by atoms with Gasteiger partial charge in [0.1, 0.15) is 0 Å². The van der Waals surface area contributed by atoms with Crippen molar-refractivity contribution in [2.45, 2.75) is 84.5 Å². The van der Waals surface area contributed by atoms with Crippen LogP contribution in [0.25, 0.3) is 0 Å². The zero-order chi connectivity index (χ0) is 21.5. The van der Waals surface area contributed by atoms with E-state index in [0.29, 0.717) is 13.1 Å². The second kappa shape index (κ2) is 15.2. The van der Waals surface area contributed by atoms with Crippen LogP contribution in [0.15, 0.2) is 0 Å². The Morgan fingerprint density at radius 1 is 0.821 bits per heavy atom. The Labute approximate surface area is 174 Å². The fourth-order valence-electron chi connectivity index (χ4n) is 3.39. The van der Waals surface area contributed by atoms with Gasteiger partial charge in [0.2, 0.25) is 5.91 Å². The zero-order valence-electron chi connectivity index (χ0n) is 18.7. The fourth-order valence-corrected chi connectivity index (χ4v) is 3.87. The average molecular weight is 421 g/mol. The predicted octanol–water partition coefficient (Wildman–Crippen LogP) is 3.77. The summed E-state index contributed by atoms with van der Waals surface area (Å²) in [6.45, 7) is 6.58. The molecule has 0 N–H and O–H groups in total. The van der Waals surface area contributed by atoms with E-state index in [2.05, 4.69) is 21.0 Å². The lowest BCUT2D eigenvalue weighted by molar-refractivity contribution is -0.889. The first-order chi connectivity index (χ1) is 13.1. The first-order valence-electron chi connectivity index (χ1n) is 11.1. The Bertz CT molecular complexity index is 507. The number of carbonyl (C=O) groups excluding carboxylic acids is 1. The maximum atomic E-state index is 11.8. The minimum Gasteiger partial charge on any atom is -0.748 e. The number of hydrogen-bond donors (Lipinski definition) is 0. The molecule has 0 heterocycles. The summed E-state index contributed by atoms with van der Waals surface area (Å²) >= 11 is 0. The molecule has 7 heteroatoms. The lowest BCUT2D eigenvalue weighted by Gasteiger charge is -2.32. The molecule has 0 aliphatic heterocycles. The van der Waals surface area contributed by atoms with Crippen molar-refractivity contribution in [1.82, 2.24) is 4.90 Å². The van der Waals surface area contributed by atoms with Crippen LogP contribution >= 0.6 is 0 Å². The van der Waals surface area contributed by atoms with Gasteiger partial charge < -0.3 is 13.9 Å². The molecule has 0 unspecified atom stereocenters. The average Bonchev–Trinajstić information content (AvgIpc) is 2.58. The number of amides is 1. The van der Waals surface area contributed by atoms with Crippen molar-refractivity contribution in [1.29, 1.82) is 0 Å². The summed E-state index contributed by atoms with van der Waals surface area (Å²) in [6, 6.07) is 0. The minimum atomic E-state index is -4.21. The molecule has 0 atom stereocenters. The van der Waals surface area contributed by atoms with Crippen molar-refractivity contribution in [3.8, 4) is 0 Å². The van der Waals surface area contributed by atoms with E-state index in [4.69, 9.17) is 0 Å². The van der Waals surface area contributed by atoms with E-state index in [1.807, 2.05) is 0 Å². The molecule has 28 heavy (non-hydrogen) atoms. The third-order valence-electron chi connectivity index (χ3n) is 5.36. The molecule has 168 valence electrons. The highest BCUT2D eigenvalue weighted by molar-refractivity contribution is 7.85. The molecule has 0 aliphatic carbocycles. The third kappa shape index (κ3) is 17.4. The SMILES string of the molecule is CCCCCCCCCCCC[N+](C)(C)CCN(CCCS(=O)(=O)[O-])C(C)=O. The van der Waals surface area contributed by atoms with Gasteiger partial charge in [-0.2, -0.15) is 0 Å². The van der Waals surface area contributed by atoms with E-state index in [0.717, 1.165) is 17.6 Å². The van der Waals surface area contributed by atoms with Crippen LogP contribution in [0, 0.1) is 0 Å². The van der Waals surface area contributed by atoms with Crippen LogP contribution in [0.1, 0.15) is 84.5 Å². The molecule has 0 aromatic carbocycles. The molecule has 0 fully saturated rings. The maximum Gasteiger partial charge on any atom is 0.219 e. The van der Waals surface area contributed by atoms with Crippen LogP contribution in [0.5, 0.6) is 0 Å². The largest absolute Gasteiger partial charge is 0.748 e. The standard InChI is InChI=1S/C21H44N2O4S/c1-5-6-7-8-9-10-11-12-13-14-18-23(3,4)19-17-22(21(2)24)16-15-20-28(25,26)27/h5-20H2,1-4H3. The van der Waals surface area contributed by atoms with Crippen molar-refractivity contribution in [2.24, 2.45) is 0 Å². The Hall–Kier alpha value is -0.660. The quantitative estimate of drug-likeness (QED) is 0.192.